The predicted octanol–water partition coefficient (Wildman–Crippen LogP) is 3.32. The first kappa shape index (κ1) is 31.3. The normalized spacial score (nSPS) is 23.7. The summed E-state index contributed by atoms with van der Waals surface area (Å²) in [6, 6.07) is 5.72. The van der Waals surface area contributed by atoms with Gasteiger partial charge >= 0.3 is 5.97 Å². The lowest BCUT2D eigenvalue weighted by Gasteiger charge is -2.31. The zero-order valence-corrected chi connectivity index (χ0v) is 25.7. The second-order valence-corrected chi connectivity index (χ2v) is 13.0. The second-order valence-electron chi connectivity index (χ2n) is 13.0. The van der Waals surface area contributed by atoms with E-state index in [0.29, 0.717) is 39.2 Å². The van der Waals surface area contributed by atoms with Gasteiger partial charge in [-0.05, 0) is 63.5 Å². The number of carbonyl (C=O) groups is 3. The quantitative estimate of drug-likeness (QED) is 0.367. The van der Waals surface area contributed by atoms with Gasteiger partial charge in [0.05, 0.1) is 19.1 Å². The summed E-state index contributed by atoms with van der Waals surface area (Å²) >= 11 is 0. The molecule has 0 saturated carbocycles. The van der Waals surface area contributed by atoms with Gasteiger partial charge in [0.15, 0.2) is 0 Å². The molecule has 4 rings (SSSR count). The highest BCUT2D eigenvalue weighted by Gasteiger charge is 2.48. The van der Waals surface area contributed by atoms with E-state index in [9.17, 15) is 19.5 Å². The van der Waals surface area contributed by atoms with E-state index in [1.165, 1.54) is 0 Å². The molecule has 3 aliphatic rings. The van der Waals surface area contributed by atoms with Gasteiger partial charge in [-0.25, -0.2) is 0 Å². The van der Waals surface area contributed by atoms with Gasteiger partial charge in [0, 0.05) is 56.5 Å². The van der Waals surface area contributed by atoms with Crippen molar-refractivity contribution in [1.82, 2.24) is 19.6 Å². The summed E-state index contributed by atoms with van der Waals surface area (Å²) in [7, 11) is 4.08. The van der Waals surface area contributed by atoms with Crippen LogP contribution in [0.15, 0.2) is 18.2 Å². The Bertz CT molecular complexity index is 1090. The van der Waals surface area contributed by atoms with Gasteiger partial charge in [0.25, 0.3) is 0 Å². The molecule has 2 saturated heterocycles. The summed E-state index contributed by atoms with van der Waals surface area (Å²) in [5.74, 6) is -0.665. The molecule has 0 spiro atoms. The number of carbonyl (C=O) groups excluding carboxylic acids is 2. The fourth-order valence-electron chi connectivity index (χ4n) is 6.74. The fourth-order valence-corrected chi connectivity index (χ4v) is 6.74. The Morgan fingerprint density at radius 2 is 1.90 bits per heavy atom. The Morgan fingerprint density at radius 3 is 2.56 bits per heavy atom. The van der Waals surface area contributed by atoms with E-state index in [2.05, 4.69) is 22.8 Å². The Hall–Kier alpha value is -2.65. The third-order valence-electron chi connectivity index (χ3n) is 9.25. The lowest BCUT2D eigenvalue weighted by Crippen LogP contribution is -2.46. The van der Waals surface area contributed by atoms with E-state index in [-0.39, 0.29) is 35.7 Å². The van der Waals surface area contributed by atoms with Crippen LogP contribution >= 0.6 is 0 Å². The van der Waals surface area contributed by atoms with Crippen molar-refractivity contribution in [1.29, 1.82) is 0 Å². The van der Waals surface area contributed by atoms with Crippen LogP contribution in [0.3, 0.4) is 0 Å². The molecule has 1 unspecified atom stereocenters. The molecule has 3 aliphatic heterocycles. The molecule has 9 heteroatoms. The third kappa shape index (κ3) is 7.41. The molecule has 3 heterocycles. The van der Waals surface area contributed by atoms with Gasteiger partial charge in [-0.2, -0.15) is 0 Å². The number of hydrogen-bond acceptors (Lipinski definition) is 6. The molecule has 0 bridgehead atoms. The SMILES string of the molecule is CCCCN(CCCN(C)C)C(=O)CN1C[C@H](c2ccc3c(c2)CCO3)C(C(=O)O)[C@@H]1CCN1CCC(C)(C)C1=O. The molecule has 3 atom stereocenters. The first-order chi connectivity index (χ1) is 19.5. The van der Waals surface area contributed by atoms with E-state index in [4.69, 9.17) is 4.74 Å². The van der Waals surface area contributed by atoms with Crippen LogP contribution in [0.2, 0.25) is 0 Å². The van der Waals surface area contributed by atoms with Crippen molar-refractivity contribution in [2.45, 2.75) is 71.3 Å². The Balaban J connectivity index is 1.56. The van der Waals surface area contributed by atoms with Crippen LogP contribution in [0.4, 0.5) is 0 Å². The highest BCUT2D eigenvalue weighted by molar-refractivity contribution is 5.84. The average Bonchev–Trinajstić information content (AvgIpc) is 3.60. The molecule has 1 aromatic carbocycles. The van der Waals surface area contributed by atoms with Crippen LogP contribution in [0.1, 0.15) is 69.9 Å². The molecule has 2 fully saturated rings. The Kier molecular flexibility index (Phi) is 10.3. The molecule has 1 N–H and O–H groups in total. The summed E-state index contributed by atoms with van der Waals surface area (Å²) in [4.78, 5) is 47.6. The second kappa shape index (κ2) is 13.6. The van der Waals surface area contributed by atoms with Crippen LogP contribution in [-0.2, 0) is 20.8 Å². The van der Waals surface area contributed by atoms with Gasteiger partial charge in [0.1, 0.15) is 5.75 Å². The van der Waals surface area contributed by atoms with Crippen molar-refractivity contribution in [2.24, 2.45) is 11.3 Å². The number of fused-ring (bicyclic) bond motifs is 1. The lowest BCUT2D eigenvalue weighted by molar-refractivity contribution is -0.144. The number of carboxylic acids is 1. The molecule has 0 aromatic heterocycles. The maximum atomic E-state index is 13.7. The van der Waals surface area contributed by atoms with Gasteiger partial charge in [-0.1, -0.05) is 39.3 Å². The Labute approximate surface area is 245 Å². The predicted molar refractivity (Wildman–Crippen MR) is 159 cm³/mol. The van der Waals surface area contributed by atoms with Gasteiger partial charge in [-0.15, -0.1) is 0 Å². The summed E-state index contributed by atoms with van der Waals surface area (Å²) in [6.07, 6.45) is 5.02. The highest BCUT2D eigenvalue weighted by atomic mass is 16.5. The average molecular weight is 571 g/mol. The van der Waals surface area contributed by atoms with Crippen LogP contribution in [0, 0.1) is 11.3 Å². The Morgan fingerprint density at radius 1 is 1.15 bits per heavy atom. The van der Waals surface area contributed by atoms with Crippen molar-refractivity contribution in [3.8, 4) is 5.75 Å². The maximum absolute atomic E-state index is 13.7. The van der Waals surface area contributed by atoms with Crippen molar-refractivity contribution < 1.29 is 24.2 Å². The van der Waals surface area contributed by atoms with Crippen LogP contribution in [-0.4, -0.2) is 115 Å². The van der Waals surface area contributed by atoms with E-state index in [1.54, 1.807) is 0 Å². The molecule has 1 aromatic rings. The minimum absolute atomic E-state index is 0.0627. The van der Waals surface area contributed by atoms with Crippen molar-refractivity contribution in [3.05, 3.63) is 29.3 Å². The summed E-state index contributed by atoms with van der Waals surface area (Å²) in [6.45, 7) is 11.0. The third-order valence-corrected chi connectivity index (χ3v) is 9.25. The maximum Gasteiger partial charge on any atom is 0.308 e. The number of hydrogen-bond donors (Lipinski definition) is 1. The van der Waals surface area contributed by atoms with Gasteiger partial charge in [0.2, 0.25) is 11.8 Å². The lowest BCUT2D eigenvalue weighted by atomic mass is 9.83. The van der Waals surface area contributed by atoms with Gasteiger partial charge in [-0.3, -0.25) is 19.3 Å². The zero-order chi connectivity index (χ0) is 29.7. The van der Waals surface area contributed by atoms with Crippen molar-refractivity contribution in [2.75, 3.05) is 66.5 Å². The molecule has 41 heavy (non-hydrogen) atoms. The van der Waals surface area contributed by atoms with Crippen LogP contribution in [0.5, 0.6) is 5.75 Å². The molecule has 228 valence electrons. The van der Waals surface area contributed by atoms with E-state index in [0.717, 1.165) is 62.1 Å². The van der Waals surface area contributed by atoms with Crippen molar-refractivity contribution in [3.63, 3.8) is 0 Å². The zero-order valence-electron chi connectivity index (χ0n) is 25.7. The first-order valence-electron chi connectivity index (χ1n) is 15.5. The summed E-state index contributed by atoms with van der Waals surface area (Å²) in [5.41, 5.74) is 1.74. The number of likely N-dealkylation sites (tertiary alicyclic amines) is 2. The van der Waals surface area contributed by atoms with E-state index >= 15 is 0 Å². The summed E-state index contributed by atoms with van der Waals surface area (Å²) < 4.78 is 5.70. The molecule has 0 radical (unpaired) electrons. The fraction of sp³-hybridized carbons (Fsp3) is 0.719. The topological polar surface area (TPSA) is 93.6 Å². The van der Waals surface area contributed by atoms with E-state index in [1.807, 2.05) is 49.9 Å². The number of benzene rings is 1. The number of carboxylic acid groups (broad SMARTS) is 1. The first-order valence-corrected chi connectivity index (χ1v) is 15.5. The number of nitrogens with zero attached hydrogens (tertiary/aromatic N) is 4. The van der Waals surface area contributed by atoms with E-state index < -0.39 is 11.9 Å². The number of unbranched alkanes of at least 4 members (excludes halogenated alkanes) is 1. The largest absolute Gasteiger partial charge is 0.493 e. The smallest absolute Gasteiger partial charge is 0.308 e. The van der Waals surface area contributed by atoms with Crippen LogP contribution < -0.4 is 4.74 Å². The number of rotatable bonds is 14. The number of aliphatic carboxylic acids is 1. The van der Waals surface area contributed by atoms with Crippen LogP contribution in [0.25, 0.3) is 0 Å². The van der Waals surface area contributed by atoms with Crippen molar-refractivity contribution >= 4 is 17.8 Å². The standard InChI is InChI=1S/C32H50N4O5/c1-6-7-15-34(16-8-14-33(4)5)28(37)22-36-21-25(23-9-10-27-24(20-23)12-19-41-27)29(30(38)39)26(36)11-17-35-18-13-32(2,3)31(35)40/h9-10,20,25-26,29H,6-8,11-19,21-22H2,1-5H3,(H,38,39)/t25-,26+,29?/m1/s1. The monoisotopic (exact) mass is 570 g/mol. The molecule has 9 nitrogen and oxygen atoms in total. The minimum atomic E-state index is -0.839. The number of ether oxygens (including phenoxy) is 1. The highest BCUT2D eigenvalue weighted by Crippen LogP contribution is 2.41. The molecule has 0 aliphatic carbocycles. The molecular weight excluding hydrogens is 520 g/mol. The number of amides is 2. The molecule has 2 amide bonds. The minimum Gasteiger partial charge on any atom is -0.493 e. The molecular formula is C32H50N4O5. The summed E-state index contributed by atoms with van der Waals surface area (Å²) in [5, 5.41) is 10.5. The van der Waals surface area contributed by atoms with Gasteiger partial charge < -0.3 is 24.5 Å².